The lowest BCUT2D eigenvalue weighted by Crippen LogP contribution is -2.13. The molecule has 4 nitrogen and oxygen atoms in total. The Kier molecular flexibility index (Phi) is 4.54. The first-order valence-electron chi connectivity index (χ1n) is 6.83. The van der Waals surface area contributed by atoms with Gasteiger partial charge in [-0.2, -0.15) is 0 Å². The maximum atomic E-state index is 12.8. The summed E-state index contributed by atoms with van der Waals surface area (Å²) in [6.07, 6.45) is 2.17. The monoisotopic (exact) mass is 336 g/mol. The number of carbonyl (C=O) groups is 2. The molecule has 0 aliphatic heterocycles. The number of thioether (sulfide) groups is 1. The Morgan fingerprint density at radius 3 is 2.82 bits per heavy atom. The number of fused-ring (bicyclic) bond motifs is 1. The van der Waals surface area contributed by atoms with Crippen LogP contribution >= 0.6 is 23.1 Å². The van der Waals surface area contributed by atoms with Crippen LogP contribution in [0.25, 0.3) is 0 Å². The molecule has 3 rings (SSSR count). The van der Waals surface area contributed by atoms with Gasteiger partial charge in [-0.1, -0.05) is 11.3 Å². The summed E-state index contributed by atoms with van der Waals surface area (Å²) in [6, 6.07) is 5.99. The van der Waals surface area contributed by atoms with Crippen LogP contribution in [0.2, 0.25) is 0 Å². The second-order valence-electron chi connectivity index (χ2n) is 4.86. The molecule has 0 atom stereocenters. The number of aromatic nitrogens is 1. The number of nitrogens with zero attached hydrogens (tertiary/aromatic N) is 1. The van der Waals surface area contributed by atoms with E-state index in [0.717, 1.165) is 23.4 Å². The van der Waals surface area contributed by atoms with Gasteiger partial charge in [-0.15, -0.1) is 11.8 Å². The quantitative estimate of drug-likeness (QED) is 0.868. The highest BCUT2D eigenvalue weighted by Gasteiger charge is 2.22. The highest BCUT2D eigenvalue weighted by atomic mass is 32.2. The van der Waals surface area contributed by atoms with Gasteiger partial charge in [0.25, 0.3) is 0 Å². The fraction of sp³-hybridized carbons (Fsp3) is 0.267. The molecule has 0 bridgehead atoms. The zero-order chi connectivity index (χ0) is 15.5. The minimum Gasteiger partial charge on any atom is -0.301 e. The largest absolute Gasteiger partial charge is 0.301 e. The van der Waals surface area contributed by atoms with E-state index in [1.807, 2.05) is 0 Å². The molecule has 0 spiro atoms. The molecule has 0 saturated heterocycles. The highest BCUT2D eigenvalue weighted by Crippen LogP contribution is 2.29. The Morgan fingerprint density at radius 1 is 1.32 bits per heavy atom. The molecular formula is C15H13FN2O2S2. The second-order valence-corrected chi connectivity index (χ2v) is 6.91. The predicted molar refractivity (Wildman–Crippen MR) is 85.1 cm³/mol. The van der Waals surface area contributed by atoms with Crippen molar-refractivity contribution in [3.05, 3.63) is 40.7 Å². The zero-order valence-corrected chi connectivity index (χ0v) is 13.2. The summed E-state index contributed by atoms with van der Waals surface area (Å²) in [5, 5.41) is 3.20. The number of aryl methyl sites for hydroxylation is 1. The van der Waals surface area contributed by atoms with Crippen LogP contribution in [0, 0.1) is 5.82 Å². The summed E-state index contributed by atoms with van der Waals surface area (Å²) >= 11 is 2.57. The van der Waals surface area contributed by atoms with E-state index in [1.165, 1.54) is 35.2 Å². The number of carbonyl (C=O) groups excluding carboxylic acids is 2. The lowest BCUT2D eigenvalue weighted by Gasteiger charge is -2.05. The smallest absolute Gasteiger partial charge is 0.236 e. The van der Waals surface area contributed by atoms with Crippen molar-refractivity contribution in [2.45, 2.75) is 24.2 Å². The SMILES string of the molecule is O=C(CSc1ccc(F)cc1)Nc1nc2c(s1)C(=O)CCC2. The molecule has 114 valence electrons. The Balaban J connectivity index is 1.58. The van der Waals surface area contributed by atoms with Crippen molar-refractivity contribution in [3.8, 4) is 0 Å². The minimum absolute atomic E-state index is 0.111. The van der Waals surface area contributed by atoms with Crippen molar-refractivity contribution in [2.24, 2.45) is 0 Å². The average molecular weight is 336 g/mol. The molecule has 1 aromatic carbocycles. The molecule has 0 saturated carbocycles. The number of halogens is 1. The fourth-order valence-electron chi connectivity index (χ4n) is 2.16. The van der Waals surface area contributed by atoms with Gasteiger partial charge in [0.15, 0.2) is 10.9 Å². The molecule has 0 fully saturated rings. The number of amides is 1. The van der Waals surface area contributed by atoms with E-state index < -0.39 is 0 Å². The second kappa shape index (κ2) is 6.58. The number of Topliss-reactive ketones (excluding diaryl/α,β-unsaturated/α-hetero) is 1. The maximum Gasteiger partial charge on any atom is 0.236 e. The number of rotatable bonds is 4. The standard InChI is InChI=1S/C15H13FN2O2S2/c16-9-4-6-10(7-5-9)21-8-13(20)18-15-17-11-2-1-3-12(19)14(11)22-15/h4-7H,1-3,8H2,(H,17,18,20). The molecule has 1 aromatic heterocycles. The molecule has 1 aliphatic rings. The Hall–Kier alpha value is -1.73. The molecule has 0 radical (unpaired) electrons. The summed E-state index contributed by atoms with van der Waals surface area (Å²) in [4.78, 5) is 29.5. The van der Waals surface area contributed by atoms with Crippen molar-refractivity contribution >= 4 is 39.9 Å². The topological polar surface area (TPSA) is 59.1 Å². The van der Waals surface area contributed by atoms with E-state index in [1.54, 1.807) is 12.1 Å². The van der Waals surface area contributed by atoms with Crippen molar-refractivity contribution in [1.29, 1.82) is 0 Å². The summed E-state index contributed by atoms with van der Waals surface area (Å²) in [7, 11) is 0. The molecule has 0 unspecified atom stereocenters. The number of thiazole rings is 1. The van der Waals surface area contributed by atoms with Gasteiger partial charge in [0.05, 0.1) is 16.3 Å². The van der Waals surface area contributed by atoms with E-state index in [2.05, 4.69) is 10.3 Å². The zero-order valence-electron chi connectivity index (χ0n) is 11.6. The lowest BCUT2D eigenvalue weighted by molar-refractivity contribution is -0.113. The summed E-state index contributed by atoms with van der Waals surface area (Å²) in [5.74, 6) is -0.163. The van der Waals surface area contributed by atoms with Gasteiger partial charge in [0.1, 0.15) is 5.82 Å². The van der Waals surface area contributed by atoms with Crippen molar-refractivity contribution < 1.29 is 14.0 Å². The van der Waals surface area contributed by atoms with Gasteiger partial charge in [-0.3, -0.25) is 9.59 Å². The molecular weight excluding hydrogens is 323 g/mol. The molecule has 1 aliphatic carbocycles. The van der Waals surface area contributed by atoms with E-state index >= 15 is 0 Å². The normalized spacial score (nSPS) is 13.8. The predicted octanol–water partition coefficient (Wildman–Crippen LogP) is 3.53. The van der Waals surface area contributed by atoms with Gasteiger partial charge in [0.2, 0.25) is 5.91 Å². The molecule has 1 heterocycles. The Labute approximate surface area is 135 Å². The number of ketones is 1. The van der Waals surface area contributed by atoms with E-state index in [0.29, 0.717) is 16.4 Å². The summed E-state index contributed by atoms with van der Waals surface area (Å²) in [6.45, 7) is 0. The van der Waals surface area contributed by atoms with Crippen LogP contribution in [0.15, 0.2) is 29.2 Å². The Bertz CT molecular complexity index is 713. The summed E-state index contributed by atoms with van der Waals surface area (Å²) in [5.41, 5.74) is 0.794. The molecule has 22 heavy (non-hydrogen) atoms. The van der Waals surface area contributed by atoms with Crippen molar-refractivity contribution in [3.63, 3.8) is 0 Å². The highest BCUT2D eigenvalue weighted by molar-refractivity contribution is 8.00. The number of benzene rings is 1. The number of nitrogens with one attached hydrogen (secondary N) is 1. The molecule has 7 heteroatoms. The van der Waals surface area contributed by atoms with Gasteiger partial charge >= 0.3 is 0 Å². The van der Waals surface area contributed by atoms with Crippen molar-refractivity contribution in [2.75, 3.05) is 11.1 Å². The third kappa shape index (κ3) is 3.53. The third-order valence-electron chi connectivity index (χ3n) is 3.20. The lowest BCUT2D eigenvalue weighted by atomic mass is 10.0. The van der Waals surface area contributed by atoms with Gasteiger partial charge in [-0.25, -0.2) is 9.37 Å². The van der Waals surface area contributed by atoms with Crippen LogP contribution in [0.1, 0.15) is 28.2 Å². The minimum atomic E-state index is -0.299. The van der Waals surface area contributed by atoms with E-state index in [-0.39, 0.29) is 23.3 Å². The first kappa shape index (κ1) is 15.2. The van der Waals surface area contributed by atoms with Crippen LogP contribution in [0.4, 0.5) is 9.52 Å². The third-order valence-corrected chi connectivity index (χ3v) is 5.26. The molecule has 1 N–H and O–H groups in total. The van der Waals surface area contributed by atoms with Gasteiger partial charge < -0.3 is 5.32 Å². The van der Waals surface area contributed by atoms with Gasteiger partial charge in [-0.05, 0) is 37.1 Å². The van der Waals surface area contributed by atoms with Crippen LogP contribution in [0.5, 0.6) is 0 Å². The number of hydrogen-bond donors (Lipinski definition) is 1. The van der Waals surface area contributed by atoms with Crippen molar-refractivity contribution in [1.82, 2.24) is 4.98 Å². The molecule has 1 amide bonds. The summed E-state index contributed by atoms with van der Waals surface area (Å²) < 4.78 is 12.8. The number of hydrogen-bond acceptors (Lipinski definition) is 5. The first-order chi connectivity index (χ1) is 10.6. The number of anilines is 1. The van der Waals surface area contributed by atoms with Gasteiger partial charge in [0, 0.05) is 11.3 Å². The van der Waals surface area contributed by atoms with Crippen LogP contribution in [-0.4, -0.2) is 22.4 Å². The van der Waals surface area contributed by atoms with E-state index in [9.17, 15) is 14.0 Å². The van der Waals surface area contributed by atoms with E-state index in [4.69, 9.17) is 0 Å². The molecule has 2 aromatic rings. The van der Waals surface area contributed by atoms with Crippen LogP contribution in [-0.2, 0) is 11.2 Å². The Morgan fingerprint density at radius 2 is 2.09 bits per heavy atom. The fourth-order valence-corrected chi connectivity index (χ4v) is 3.85. The van der Waals surface area contributed by atoms with Crippen LogP contribution in [0.3, 0.4) is 0 Å². The first-order valence-corrected chi connectivity index (χ1v) is 8.63. The van der Waals surface area contributed by atoms with Crippen LogP contribution < -0.4 is 5.32 Å². The average Bonchev–Trinajstić information content (AvgIpc) is 2.90. The maximum absolute atomic E-state index is 12.8.